The minimum Gasteiger partial charge on any atom is -0.294 e. The zero-order valence-electron chi connectivity index (χ0n) is 10.2. The third-order valence-electron chi connectivity index (χ3n) is 2.75. The van der Waals surface area contributed by atoms with Crippen molar-refractivity contribution >= 4 is 40.6 Å². The highest BCUT2D eigenvalue weighted by Crippen LogP contribution is 2.27. The van der Waals surface area contributed by atoms with Gasteiger partial charge >= 0.3 is 0 Å². The molecule has 4 heteroatoms. The molecule has 0 heterocycles. The lowest BCUT2D eigenvalue weighted by Gasteiger charge is -2.06. The average molecular weight is 314 g/mol. The summed E-state index contributed by atoms with van der Waals surface area (Å²) in [5.74, 6) is -0.0326. The highest BCUT2D eigenvalue weighted by atomic mass is 35.5. The highest BCUT2D eigenvalue weighted by Gasteiger charge is 2.12. The number of halogens is 3. The molecule has 0 aliphatic carbocycles. The minimum atomic E-state index is -0.0326. The average Bonchev–Trinajstić information content (AvgIpc) is 2.33. The lowest BCUT2D eigenvalue weighted by atomic mass is 10.0. The smallest absolute Gasteiger partial charge is 0.167 e. The molecule has 0 N–H and O–H groups in total. The molecule has 0 saturated carbocycles. The van der Waals surface area contributed by atoms with E-state index in [0.29, 0.717) is 20.6 Å². The number of Topliss-reactive ketones (excluding diaryl/α,β-unsaturated/α-hetero) is 1. The van der Waals surface area contributed by atoms with E-state index in [1.807, 2.05) is 19.1 Å². The Labute approximate surface area is 127 Å². The summed E-state index contributed by atoms with van der Waals surface area (Å²) in [6, 6.07) is 10.6. The van der Waals surface area contributed by atoms with Gasteiger partial charge in [-0.15, -0.1) is 0 Å². The first-order valence-corrected chi connectivity index (χ1v) is 6.84. The quantitative estimate of drug-likeness (QED) is 0.695. The van der Waals surface area contributed by atoms with Gasteiger partial charge in [-0.3, -0.25) is 4.79 Å². The molecule has 0 bridgehead atoms. The van der Waals surface area contributed by atoms with Crippen LogP contribution in [-0.4, -0.2) is 5.78 Å². The van der Waals surface area contributed by atoms with Gasteiger partial charge in [-0.1, -0.05) is 46.9 Å². The molecule has 0 saturated heterocycles. The zero-order valence-corrected chi connectivity index (χ0v) is 12.5. The molecule has 0 spiro atoms. The van der Waals surface area contributed by atoms with Gasteiger partial charge in [-0.2, -0.15) is 0 Å². The summed E-state index contributed by atoms with van der Waals surface area (Å²) in [5.41, 5.74) is 2.26. The second-order valence-corrected chi connectivity index (χ2v) is 5.55. The van der Waals surface area contributed by atoms with Crippen LogP contribution >= 0.6 is 34.8 Å². The maximum Gasteiger partial charge on any atom is 0.167 e. The molecule has 1 nitrogen and oxygen atoms in total. The van der Waals surface area contributed by atoms with Crippen molar-refractivity contribution < 1.29 is 4.79 Å². The predicted octanol–water partition coefficient (Wildman–Crippen LogP) is 5.38. The van der Waals surface area contributed by atoms with E-state index >= 15 is 0 Å². The molecule has 0 fully saturated rings. The van der Waals surface area contributed by atoms with Gasteiger partial charge in [0.1, 0.15) is 0 Å². The molecule has 98 valence electrons. The third-order valence-corrected chi connectivity index (χ3v) is 3.82. The monoisotopic (exact) mass is 312 g/mol. The van der Waals surface area contributed by atoms with Crippen LogP contribution in [0.5, 0.6) is 0 Å². The Morgan fingerprint density at radius 2 is 1.84 bits per heavy atom. The first-order valence-electron chi connectivity index (χ1n) is 5.70. The van der Waals surface area contributed by atoms with Crippen molar-refractivity contribution in [2.75, 3.05) is 0 Å². The summed E-state index contributed by atoms with van der Waals surface area (Å²) < 4.78 is 0. The van der Waals surface area contributed by atoms with Crippen LogP contribution in [0.3, 0.4) is 0 Å². The lowest BCUT2D eigenvalue weighted by Crippen LogP contribution is -2.04. The zero-order chi connectivity index (χ0) is 14.0. The van der Waals surface area contributed by atoms with E-state index in [2.05, 4.69) is 0 Å². The fraction of sp³-hybridized carbons (Fsp3) is 0.133. The summed E-state index contributed by atoms with van der Waals surface area (Å²) in [6.07, 6.45) is 0.208. The fourth-order valence-electron chi connectivity index (χ4n) is 1.86. The molecule has 2 aromatic carbocycles. The Hall–Kier alpha value is -1.02. The number of carbonyl (C=O) groups excluding carboxylic acids is 1. The van der Waals surface area contributed by atoms with E-state index < -0.39 is 0 Å². The molecular weight excluding hydrogens is 303 g/mol. The molecule has 0 atom stereocenters. The van der Waals surface area contributed by atoms with Crippen LogP contribution in [-0.2, 0) is 6.42 Å². The SMILES string of the molecule is Cc1cc(Cl)cc(C(=O)Cc2cccc(Cl)c2Cl)c1. The minimum absolute atomic E-state index is 0.0326. The summed E-state index contributed by atoms with van der Waals surface area (Å²) in [4.78, 5) is 12.2. The topological polar surface area (TPSA) is 17.1 Å². The molecule has 0 aromatic heterocycles. The Bertz CT molecular complexity index is 615. The number of carbonyl (C=O) groups is 1. The highest BCUT2D eigenvalue weighted by molar-refractivity contribution is 6.42. The molecule has 2 aromatic rings. The maximum atomic E-state index is 12.2. The van der Waals surface area contributed by atoms with Gasteiger partial charge in [0, 0.05) is 17.0 Å². The summed E-state index contributed by atoms with van der Waals surface area (Å²) in [6.45, 7) is 1.90. The van der Waals surface area contributed by atoms with Crippen LogP contribution in [0.2, 0.25) is 15.1 Å². The molecular formula is C15H11Cl3O. The van der Waals surface area contributed by atoms with E-state index in [1.165, 1.54) is 0 Å². The molecule has 0 amide bonds. The van der Waals surface area contributed by atoms with E-state index in [1.54, 1.807) is 24.3 Å². The standard InChI is InChI=1S/C15H11Cl3O/c1-9-5-11(7-12(16)6-9)14(19)8-10-3-2-4-13(17)15(10)18/h2-7H,8H2,1H3. The van der Waals surface area contributed by atoms with Crippen LogP contribution in [0.4, 0.5) is 0 Å². The Morgan fingerprint density at radius 3 is 2.53 bits per heavy atom. The first-order chi connectivity index (χ1) is 8.97. The third kappa shape index (κ3) is 3.50. The summed E-state index contributed by atoms with van der Waals surface area (Å²) >= 11 is 18.0. The fourth-order valence-corrected chi connectivity index (χ4v) is 2.53. The normalized spacial score (nSPS) is 10.5. The molecule has 2 rings (SSSR count). The number of rotatable bonds is 3. The van der Waals surface area contributed by atoms with E-state index in [4.69, 9.17) is 34.8 Å². The van der Waals surface area contributed by atoms with E-state index in [0.717, 1.165) is 11.1 Å². The largest absolute Gasteiger partial charge is 0.294 e. The Balaban J connectivity index is 2.28. The summed E-state index contributed by atoms with van der Waals surface area (Å²) in [7, 11) is 0. The van der Waals surface area contributed by atoms with Crippen molar-refractivity contribution in [1.82, 2.24) is 0 Å². The van der Waals surface area contributed by atoms with Crippen molar-refractivity contribution in [3.05, 3.63) is 68.2 Å². The van der Waals surface area contributed by atoms with Crippen molar-refractivity contribution in [3.8, 4) is 0 Å². The van der Waals surface area contributed by atoms with Crippen LogP contribution < -0.4 is 0 Å². The molecule has 0 aliphatic heterocycles. The van der Waals surface area contributed by atoms with Crippen LogP contribution in [0.25, 0.3) is 0 Å². The second-order valence-electron chi connectivity index (χ2n) is 4.33. The lowest BCUT2D eigenvalue weighted by molar-refractivity contribution is 0.0993. The van der Waals surface area contributed by atoms with Crippen LogP contribution in [0.15, 0.2) is 36.4 Å². The molecule has 0 radical (unpaired) electrons. The van der Waals surface area contributed by atoms with Gasteiger partial charge in [0.25, 0.3) is 0 Å². The van der Waals surface area contributed by atoms with Crippen LogP contribution in [0.1, 0.15) is 21.5 Å². The summed E-state index contributed by atoms with van der Waals surface area (Å²) in [5, 5.41) is 1.44. The predicted molar refractivity (Wildman–Crippen MR) is 80.7 cm³/mol. The van der Waals surface area contributed by atoms with Crippen molar-refractivity contribution in [3.63, 3.8) is 0 Å². The Morgan fingerprint density at radius 1 is 1.11 bits per heavy atom. The number of benzene rings is 2. The maximum absolute atomic E-state index is 12.2. The van der Waals surface area contributed by atoms with Crippen molar-refractivity contribution in [1.29, 1.82) is 0 Å². The van der Waals surface area contributed by atoms with Gasteiger partial charge < -0.3 is 0 Å². The van der Waals surface area contributed by atoms with Crippen LogP contribution in [0, 0.1) is 6.92 Å². The van der Waals surface area contributed by atoms with Crippen molar-refractivity contribution in [2.24, 2.45) is 0 Å². The molecule has 19 heavy (non-hydrogen) atoms. The van der Waals surface area contributed by atoms with Gasteiger partial charge in [-0.05, 0) is 42.3 Å². The van der Waals surface area contributed by atoms with E-state index in [9.17, 15) is 4.79 Å². The number of aryl methyl sites for hydroxylation is 1. The second kappa shape index (κ2) is 5.96. The number of hydrogen-bond acceptors (Lipinski definition) is 1. The Kier molecular flexibility index (Phi) is 4.51. The van der Waals surface area contributed by atoms with Gasteiger partial charge in [0.05, 0.1) is 10.0 Å². The molecule has 0 unspecified atom stereocenters. The number of hydrogen-bond donors (Lipinski definition) is 0. The van der Waals surface area contributed by atoms with E-state index in [-0.39, 0.29) is 12.2 Å². The number of ketones is 1. The first kappa shape index (κ1) is 14.4. The molecule has 0 aliphatic rings. The van der Waals surface area contributed by atoms with Gasteiger partial charge in [-0.25, -0.2) is 0 Å². The van der Waals surface area contributed by atoms with Gasteiger partial charge in [0.2, 0.25) is 0 Å². The van der Waals surface area contributed by atoms with Crippen molar-refractivity contribution in [2.45, 2.75) is 13.3 Å². The van der Waals surface area contributed by atoms with Gasteiger partial charge in [0.15, 0.2) is 5.78 Å².